The fourth-order valence-electron chi connectivity index (χ4n) is 6.01. The largest absolute Gasteiger partial charge is 0.287 e. The molecule has 5 rings (SSSR count). The highest BCUT2D eigenvalue weighted by Crippen LogP contribution is 2.26. The first-order chi connectivity index (χ1) is 23.4. The molecular weight excluding hydrogens is 599 g/mol. The summed E-state index contributed by atoms with van der Waals surface area (Å²) in [5.41, 5.74) is 13.7. The average molecular weight is 648 g/mol. The molecule has 1 aromatic heterocycles. The van der Waals surface area contributed by atoms with Gasteiger partial charge in [0.2, 0.25) is 5.69 Å². The third kappa shape index (κ3) is 8.99. The second-order valence-electron chi connectivity index (χ2n) is 14.0. The van der Waals surface area contributed by atoms with E-state index in [9.17, 15) is 0 Å². The smallest absolute Gasteiger partial charge is 0.280 e. The summed E-state index contributed by atoms with van der Waals surface area (Å²) in [6.45, 7) is 17.3. The Morgan fingerprint density at radius 1 is 0.837 bits per heavy atom. The first kappa shape index (κ1) is 35.0. The molecule has 248 valence electrons. The van der Waals surface area contributed by atoms with Crippen molar-refractivity contribution in [3.05, 3.63) is 131 Å². The summed E-state index contributed by atoms with van der Waals surface area (Å²) in [5.74, 6) is 0.294. The molecule has 0 fully saturated rings. The highest BCUT2D eigenvalue weighted by Gasteiger charge is 2.35. The van der Waals surface area contributed by atoms with Gasteiger partial charge in [-0.3, -0.25) is 15.0 Å². The highest BCUT2D eigenvalue weighted by molar-refractivity contribution is 6.02. The summed E-state index contributed by atoms with van der Waals surface area (Å²) < 4.78 is 4.75. The predicted molar refractivity (Wildman–Crippen MR) is 211 cm³/mol. The van der Waals surface area contributed by atoms with Gasteiger partial charge in [0, 0.05) is 24.1 Å². The van der Waals surface area contributed by atoms with Crippen LogP contribution in [0.2, 0.25) is 0 Å². The van der Waals surface area contributed by atoms with E-state index in [0.29, 0.717) is 5.92 Å². The second-order valence-corrected chi connectivity index (χ2v) is 14.0. The Bertz CT molecular complexity index is 1990. The van der Waals surface area contributed by atoms with E-state index in [1.54, 1.807) is 0 Å². The van der Waals surface area contributed by atoms with Crippen molar-refractivity contribution in [3.8, 4) is 22.4 Å². The number of rotatable bonds is 9. The zero-order valence-electron chi connectivity index (χ0n) is 30.3. The lowest BCUT2D eigenvalue weighted by atomic mass is 9.90. The molecule has 1 heterocycles. The lowest BCUT2D eigenvalue weighted by Crippen LogP contribution is -2.44. The Labute approximate surface area is 292 Å². The Morgan fingerprint density at radius 3 is 2.06 bits per heavy atom. The molecule has 49 heavy (non-hydrogen) atoms. The third-order valence-electron chi connectivity index (χ3n) is 8.63. The summed E-state index contributed by atoms with van der Waals surface area (Å²) in [6, 6.07) is 29.5. The van der Waals surface area contributed by atoms with Crippen LogP contribution in [-0.4, -0.2) is 48.6 Å². The molecule has 1 unspecified atom stereocenters. The third-order valence-corrected chi connectivity index (χ3v) is 8.63. The molecular formula is C44H49N5+2. The number of likely N-dealkylation sites (N-methyl/N-ethyl adjacent to an activating group) is 1. The van der Waals surface area contributed by atoms with Crippen molar-refractivity contribution in [1.29, 1.82) is 0 Å². The van der Waals surface area contributed by atoms with Crippen molar-refractivity contribution in [1.82, 2.24) is 0 Å². The second kappa shape index (κ2) is 15.3. The maximum atomic E-state index is 4.70. The van der Waals surface area contributed by atoms with Gasteiger partial charge in [0.15, 0.2) is 6.54 Å². The van der Waals surface area contributed by atoms with Gasteiger partial charge >= 0.3 is 0 Å². The van der Waals surface area contributed by atoms with Gasteiger partial charge in [-0.25, -0.2) is 4.58 Å². The quantitative estimate of drug-likeness (QED) is 0.0987. The minimum absolute atomic E-state index is 0.0876. The zero-order valence-corrected chi connectivity index (χ0v) is 30.3. The van der Waals surface area contributed by atoms with Gasteiger partial charge in [0.25, 0.3) is 11.4 Å². The van der Waals surface area contributed by atoms with Crippen LogP contribution in [0.5, 0.6) is 0 Å². The van der Waals surface area contributed by atoms with Gasteiger partial charge in [-0.15, -0.1) is 0 Å². The van der Waals surface area contributed by atoms with Gasteiger partial charge in [0.1, 0.15) is 14.1 Å². The lowest BCUT2D eigenvalue weighted by Gasteiger charge is -2.17. The molecule has 0 radical (unpaired) electrons. The maximum Gasteiger partial charge on any atom is 0.280 e. The molecule has 0 N–H and O–H groups in total. The number of benzene rings is 3. The molecule has 1 atom stereocenters. The Balaban J connectivity index is 1.31. The maximum absolute atomic E-state index is 4.70. The van der Waals surface area contributed by atoms with Crippen LogP contribution < -0.4 is 4.57 Å². The van der Waals surface area contributed by atoms with E-state index in [1.165, 1.54) is 33.8 Å². The van der Waals surface area contributed by atoms with Crippen LogP contribution in [0.25, 0.3) is 28.5 Å². The van der Waals surface area contributed by atoms with Crippen LogP contribution in [0, 0.1) is 5.92 Å². The number of pyridine rings is 1. The highest BCUT2D eigenvalue weighted by atomic mass is 15.0. The molecule has 0 saturated heterocycles. The lowest BCUT2D eigenvalue weighted by molar-refractivity contribution is -0.664. The normalized spacial score (nSPS) is 16.4. The predicted octanol–water partition coefficient (Wildman–Crippen LogP) is 9.78. The summed E-state index contributed by atoms with van der Waals surface area (Å²) >= 11 is 0. The number of hydrogen-bond acceptors (Lipinski definition) is 3. The molecule has 0 amide bonds. The summed E-state index contributed by atoms with van der Waals surface area (Å²) in [5, 5.41) is 0. The Morgan fingerprint density at radius 2 is 1.45 bits per heavy atom. The van der Waals surface area contributed by atoms with E-state index in [4.69, 9.17) is 4.99 Å². The average Bonchev–Trinajstić information content (AvgIpc) is 3.09. The molecule has 0 saturated carbocycles. The molecule has 0 spiro atoms. The van der Waals surface area contributed by atoms with Gasteiger partial charge in [0.05, 0.1) is 28.4 Å². The van der Waals surface area contributed by atoms with Crippen LogP contribution in [0.1, 0.15) is 58.4 Å². The van der Waals surface area contributed by atoms with Crippen molar-refractivity contribution in [2.24, 2.45) is 27.9 Å². The number of aliphatic imine (C=N–C) groups is 3. The van der Waals surface area contributed by atoms with Crippen molar-refractivity contribution in [2.45, 2.75) is 47.1 Å². The van der Waals surface area contributed by atoms with Gasteiger partial charge in [-0.05, 0) is 119 Å². The molecule has 5 nitrogen and oxygen atoms in total. The van der Waals surface area contributed by atoms with E-state index in [2.05, 4.69) is 166 Å². The van der Waals surface area contributed by atoms with Gasteiger partial charge in [-0.2, -0.15) is 4.57 Å². The van der Waals surface area contributed by atoms with E-state index < -0.39 is 0 Å². The number of nitrogens with zero attached hydrogens (tertiary/aromatic N) is 5. The van der Waals surface area contributed by atoms with E-state index in [0.717, 1.165) is 40.2 Å². The number of hydrogen-bond donors (Lipinski definition) is 0. The first-order valence-electron chi connectivity index (χ1n) is 16.9. The molecule has 5 heteroatoms. The monoisotopic (exact) mass is 647 g/mol. The molecule has 1 aliphatic carbocycles. The van der Waals surface area contributed by atoms with Crippen LogP contribution >= 0.6 is 0 Å². The number of aromatic nitrogens is 1. The van der Waals surface area contributed by atoms with Crippen LogP contribution in [0.15, 0.2) is 129 Å². The topological polar surface area (TPSA) is 44.0 Å². The van der Waals surface area contributed by atoms with Crippen molar-refractivity contribution < 1.29 is 9.14 Å². The Hall–Kier alpha value is -5.29. The molecule has 3 aromatic carbocycles. The van der Waals surface area contributed by atoms with Gasteiger partial charge in [-0.1, -0.05) is 60.7 Å². The summed E-state index contributed by atoms with van der Waals surface area (Å²) in [7, 11) is 4.39. The zero-order chi connectivity index (χ0) is 35.1. The number of allylic oxidation sites excluding steroid dienone is 4. The Kier molecular flexibility index (Phi) is 10.9. The van der Waals surface area contributed by atoms with Crippen LogP contribution in [0.4, 0.5) is 11.4 Å². The van der Waals surface area contributed by atoms with E-state index in [1.807, 2.05) is 36.7 Å². The van der Waals surface area contributed by atoms with Crippen molar-refractivity contribution in [2.75, 3.05) is 13.6 Å². The van der Waals surface area contributed by atoms with Crippen LogP contribution in [0.3, 0.4) is 0 Å². The fourth-order valence-corrected chi connectivity index (χ4v) is 6.01. The standard InChI is InChI=1S/C44H49N5/c1-31(28-46-40-25-20-36(21-26-40)35-18-23-39(45-7)24-19-35)10-11-32(2)30-48(8)42-33(3)12-15-38-22-27-41(49(9)43(38)42)37-16-13-34(14-17-37)29-47-44(4,5)6/h10-29,33H,7,30H2,1-6,8-9H3/q+2/b31-10+,32-11+,46-28?,47-29?,48-42?. The van der Waals surface area contributed by atoms with Crippen molar-refractivity contribution >= 4 is 42.3 Å². The van der Waals surface area contributed by atoms with Gasteiger partial charge < -0.3 is 0 Å². The minimum Gasteiger partial charge on any atom is -0.287 e. The fraction of sp³-hybridized carbons (Fsp3) is 0.250. The van der Waals surface area contributed by atoms with E-state index in [-0.39, 0.29) is 5.54 Å². The minimum atomic E-state index is -0.0876. The van der Waals surface area contributed by atoms with Crippen molar-refractivity contribution in [3.63, 3.8) is 0 Å². The molecule has 1 aliphatic rings. The van der Waals surface area contributed by atoms with Crippen LogP contribution in [-0.2, 0) is 7.05 Å². The molecule has 4 aromatic rings. The molecule has 0 aliphatic heterocycles. The SMILES string of the molecule is C=Nc1ccc(-c2ccc(N=C/C(C)=C/C=C(\C)C[N+](C)=C3c4c(ccc(-c5ccc(C=NC(C)(C)C)cc5)[n+]4C)C=CC3C)cc2)cc1. The number of fused-ring (bicyclic) bond motifs is 1. The molecule has 0 bridgehead atoms. The first-order valence-corrected chi connectivity index (χ1v) is 16.9. The summed E-state index contributed by atoms with van der Waals surface area (Å²) in [6.07, 6.45) is 12.8. The summed E-state index contributed by atoms with van der Waals surface area (Å²) in [4.78, 5) is 13.3. The van der Waals surface area contributed by atoms with E-state index >= 15 is 0 Å².